The first-order chi connectivity index (χ1) is 8.69. The van der Waals surface area contributed by atoms with E-state index < -0.39 is 0 Å². The Morgan fingerprint density at radius 1 is 1.61 bits per heavy atom. The van der Waals surface area contributed by atoms with E-state index in [9.17, 15) is 0 Å². The van der Waals surface area contributed by atoms with E-state index in [1.165, 1.54) is 18.5 Å². The molecule has 0 spiro atoms. The van der Waals surface area contributed by atoms with Crippen LogP contribution in [-0.2, 0) is 0 Å². The minimum atomic E-state index is 0.273. The molecule has 1 aliphatic rings. The van der Waals surface area contributed by atoms with Crippen LogP contribution in [0.25, 0.3) is 0 Å². The Morgan fingerprint density at radius 3 is 2.89 bits per heavy atom. The molecule has 2 unspecified atom stereocenters. The third kappa shape index (κ3) is 2.90. The first-order valence-electron chi connectivity index (χ1n) is 6.61. The average Bonchev–Trinajstić information content (AvgIpc) is 3.10. The van der Waals surface area contributed by atoms with Gasteiger partial charge in [0.15, 0.2) is 0 Å². The summed E-state index contributed by atoms with van der Waals surface area (Å²) in [5.74, 6) is 1.13. The summed E-state index contributed by atoms with van der Waals surface area (Å²) < 4.78 is 2.32. The van der Waals surface area contributed by atoms with Crippen molar-refractivity contribution >= 4 is 11.8 Å². The minimum Gasteiger partial charge on any atom is -0.330 e. The minimum absolute atomic E-state index is 0.273. The third-order valence-electron chi connectivity index (χ3n) is 3.80. The summed E-state index contributed by atoms with van der Waals surface area (Å²) in [4.78, 5) is 6.70. The number of likely N-dealkylation sites (N-methyl/N-ethyl adjacent to an activating group) is 1. The summed E-state index contributed by atoms with van der Waals surface area (Å²) in [5, 5.41) is 0. The van der Waals surface area contributed by atoms with Gasteiger partial charge < -0.3 is 10.3 Å². The molecule has 102 valence electrons. The van der Waals surface area contributed by atoms with Crippen molar-refractivity contribution in [2.24, 2.45) is 5.73 Å². The fourth-order valence-corrected chi connectivity index (χ4v) is 3.11. The number of aromatic nitrogens is 2. The number of hydrogen-bond acceptors (Lipinski definition) is 4. The van der Waals surface area contributed by atoms with Crippen LogP contribution in [0.2, 0.25) is 0 Å². The molecule has 2 atom stereocenters. The van der Waals surface area contributed by atoms with Gasteiger partial charge in [-0.2, -0.15) is 11.8 Å². The molecule has 0 amide bonds. The third-order valence-corrected chi connectivity index (χ3v) is 4.61. The molecule has 1 fully saturated rings. The van der Waals surface area contributed by atoms with Crippen LogP contribution in [0.1, 0.15) is 37.5 Å². The van der Waals surface area contributed by atoms with Crippen molar-refractivity contribution in [2.75, 3.05) is 25.6 Å². The molecule has 0 radical (unpaired) electrons. The predicted molar refractivity (Wildman–Crippen MR) is 77.9 cm³/mol. The van der Waals surface area contributed by atoms with Gasteiger partial charge in [0.2, 0.25) is 0 Å². The van der Waals surface area contributed by atoms with Gasteiger partial charge in [0, 0.05) is 30.6 Å². The van der Waals surface area contributed by atoms with Gasteiger partial charge in [-0.15, -0.1) is 0 Å². The molecule has 4 nitrogen and oxygen atoms in total. The second kappa shape index (κ2) is 6.08. The van der Waals surface area contributed by atoms with Gasteiger partial charge in [0.1, 0.15) is 0 Å². The Morgan fingerprint density at radius 2 is 2.33 bits per heavy atom. The highest BCUT2D eigenvalue weighted by Gasteiger charge is 2.29. The van der Waals surface area contributed by atoms with Crippen LogP contribution in [0.4, 0.5) is 0 Å². The van der Waals surface area contributed by atoms with E-state index in [0.29, 0.717) is 18.6 Å². The van der Waals surface area contributed by atoms with Crippen molar-refractivity contribution in [1.29, 1.82) is 0 Å². The lowest BCUT2D eigenvalue weighted by Crippen LogP contribution is -2.39. The fourth-order valence-electron chi connectivity index (χ4n) is 2.39. The van der Waals surface area contributed by atoms with Crippen LogP contribution in [0, 0.1) is 0 Å². The lowest BCUT2D eigenvalue weighted by atomic mass is 10.1. The fraction of sp³-hybridized carbons (Fsp3) is 0.769. The molecule has 0 bridgehead atoms. The molecule has 2 N–H and O–H groups in total. The highest BCUT2D eigenvalue weighted by Crippen LogP contribution is 2.37. The van der Waals surface area contributed by atoms with Crippen molar-refractivity contribution in [3.05, 3.63) is 18.2 Å². The molecule has 1 saturated carbocycles. The molecular weight excluding hydrogens is 244 g/mol. The van der Waals surface area contributed by atoms with Crippen molar-refractivity contribution < 1.29 is 0 Å². The first kappa shape index (κ1) is 13.9. The zero-order chi connectivity index (χ0) is 13.1. The van der Waals surface area contributed by atoms with Crippen LogP contribution >= 0.6 is 11.8 Å². The number of imidazole rings is 1. The maximum Gasteiger partial charge on any atom is 0.0951 e. The maximum atomic E-state index is 6.00. The Bertz CT molecular complexity index is 375. The Hall–Kier alpha value is -0.520. The summed E-state index contributed by atoms with van der Waals surface area (Å²) in [6.07, 6.45) is 8.66. The molecule has 1 aromatic heterocycles. The van der Waals surface area contributed by atoms with Gasteiger partial charge in [-0.1, -0.05) is 0 Å². The normalized spacial score (nSPS) is 19.2. The van der Waals surface area contributed by atoms with E-state index in [4.69, 9.17) is 5.73 Å². The van der Waals surface area contributed by atoms with Crippen molar-refractivity contribution in [1.82, 2.24) is 14.5 Å². The largest absolute Gasteiger partial charge is 0.330 e. The van der Waals surface area contributed by atoms with Gasteiger partial charge in [-0.3, -0.25) is 4.90 Å². The highest BCUT2D eigenvalue weighted by molar-refractivity contribution is 7.98. The Kier molecular flexibility index (Phi) is 4.70. The van der Waals surface area contributed by atoms with Crippen molar-refractivity contribution in [3.63, 3.8) is 0 Å². The summed E-state index contributed by atoms with van der Waals surface area (Å²) >= 11 is 1.88. The van der Waals surface area contributed by atoms with Crippen molar-refractivity contribution in [3.8, 4) is 0 Å². The number of nitrogens with two attached hydrogens (primary N) is 1. The molecule has 2 rings (SSSR count). The highest BCUT2D eigenvalue weighted by atomic mass is 32.2. The van der Waals surface area contributed by atoms with Crippen molar-refractivity contribution in [2.45, 2.75) is 37.9 Å². The maximum absolute atomic E-state index is 6.00. The van der Waals surface area contributed by atoms with Gasteiger partial charge in [-0.25, -0.2) is 4.98 Å². The monoisotopic (exact) mass is 268 g/mol. The summed E-state index contributed by atoms with van der Waals surface area (Å²) in [6, 6.07) is 1.46. The second-order valence-corrected chi connectivity index (χ2v) is 6.09. The molecule has 0 aromatic carbocycles. The van der Waals surface area contributed by atoms with E-state index >= 15 is 0 Å². The van der Waals surface area contributed by atoms with Crippen LogP contribution in [0.5, 0.6) is 0 Å². The predicted octanol–water partition coefficient (Wildman–Crippen LogP) is 1.90. The molecule has 1 aliphatic carbocycles. The summed E-state index contributed by atoms with van der Waals surface area (Å²) in [6.45, 7) is 2.91. The molecule has 18 heavy (non-hydrogen) atoms. The Balaban J connectivity index is 2.13. The van der Waals surface area contributed by atoms with Crippen LogP contribution in [0.3, 0.4) is 0 Å². The summed E-state index contributed by atoms with van der Waals surface area (Å²) in [5.41, 5.74) is 7.27. The van der Waals surface area contributed by atoms with Gasteiger partial charge in [0.25, 0.3) is 0 Å². The van der Waals surface area contributed by atoms with E-state index in [-0.39, 0.29) is 6.04 Å². The lowest BCUT2D eigenvalue weighted by molar-refractivity contribution is 0.196. The number of hydrogen-bond donors (Lipinski definition) is 1. The molecule has 1 heterocycles. The SMILES string of the molecule is CSCC(C)N(C)C(CN)c1cncn1C1CC1. The number of thioether (sulfide) groups is 1. The number of nitrogens with zero attached hydrogens (tertiary/aromatic N) is 3. The zero-order valence-electron chi connectivity index (χ0n) is 11.5. The molecule has 5 heteroatoms. The van der Waals surface area contributed by atoms with Crippen LogP contribution in [-0.4, -0.2) is 46.1 Å². The zero-order valence-corrected chi connectivity index (χ0v) is 12.4. The molecule has 0 saturated heterocycles. The smallest absolute Gasteiger partial charge is 0.0951 e. The quantitative estimate of drug-likeness (QED) is 0.820. The average molecular weight is 268 g/mol. The van der Waals surface area contributed by atoms with Crippen LogP contribution < -0.4 is 5.73 Å². The van der Waals surface area contributed by atoms with Gasteiger partial charge >= 0.3 is 0 Å². The van der Waals surface area contributed by atoms with Gasteiger partial charge in [-0.05, 0) is 33.1 Å². The van der Waals surface area contributed by atoms with E-state index in [1.807, 2.05) is 24.3 Å². The summed E-state index contributed by atoms with van der Waals surface area (Å²) in [7, 11) is 2.17. The number of rotatable bonds is 7. The molecular formula is C13H24N4S. The second-order valence-electron chi connectivity index (χ2n) is 5.18. The first-order valence-corrected chi connectivity index (χ1v) is 8.01. The van der Waals surface area contributed by atoms with E-state index in [1.54, 1.807) is 0 Å². The lowest BCUT2D eigenvalue weighted by Gasteiger charge is -2.32. The van der Waals surface area contributed by atoms with Crippen LogP contribution in [0.15, 0.2) is 12.5 Å². The van der Waals surface area contributed by atoms with E-state index in [0.717, 1.165) is 5.75 Å². The topological polar surface area (TPSA) is 47.1 Å². The Labute approximate surface area is 114 Å². The standard InChI is InChI=1S/C13H24N4S/c1-10(8-18-3)16(2)12(6-14)13-7-15-9-17(13)11-4-5-11/h7,9-12H,4-6,8,14H2,1-3H3. The molecule has 0 aliphatic heterocycles. The molecule has 1 aromatic rings. The van der Waals surface area contributed by atoms with E-state index in [2.05, 4.69) is 34.7 Å². The van der Waals surface area contributed by atoms with Gasteiger partial charge in [0.05, 0.1) is 18.1 Å².